The highest BCUT2D eigenvalue weighted by atomic mass is 16.6. The Morgan fingerprint density at radius 1 is 1.33 bits per heavy atom. The van der Waals surface area contributed by atoms with E-state index in [2.05, 4.69) is 11.9 Å². The van der Waals surface area contributed by atoms with E-state index >= 15 is 0 Å². The Morgan fingerprint density at radius 3 is 2.59 bits per heavy atom. The molecule has 2 rings (SSSR count). The lowest BCUT2D eigenvalue weighted by atomic mass is 9.98. The lowest BCUT2D eigenvalue weighted by Crippen LogP contribution is -2.32. The number of carbonyl (C=O) groups excluding carboxylic acids is 1. The molecule has 5 heteroatoms. The lowest BCUT2D eigenvalue weighted by Gasteiger charge is -2.28. The van der Waals surface area contributed by atoms with Gasteiger partial charge in [-0.2, -0.15) is 0 Å². The number of alkyl carbamates (subject to hydrolysis) is 1. The molecule has 0 saturated carbocycles. The molecule has 0 aliphatic heterocycles. The quantitative estimate of drug-likeness (QED) is 0.694. The molecule has 2 N–H and O–H groups in total. The normalized spacial score (nSPS) is 19.6. The molecule has 1 atom stereocenters. The molecular formula is C22H29NO4. The molecule has 1 unspecified atom stereocenters. The Morgan fingerprint density at radius 2 is 2.00 bits per heavy atom. The summed E-state index contributed by atoms with van der Waals surface area (Å²) >= 11 is 0. The van der Waals surface area contributed by atoms with Crippen LogP contribution < -0.4 is 5.32 Å². The van der Waals surface area contributed by atoms with Crippen molar-refractivity contribution < 1.29 is 19.4 Å². The van der Waals surface area contributed by atoms with Crippen molar-refractivity contribution >= 4 is 11.7 Å². The van der Waals surface area contributed by atoms with E-state index in [1.807, 2.05) is 65.0 Å². The smallest absolute Gasteiger partial charge is 0.407 e. The molecule has 1 amide bonds. The zero-order valence-corrected chi connectivity index (χ0v) is 17.0. The maximum atomic E-state index is 11.8. The van der Waals surface area contributed by atoms with Gasteiger partial charge < -0.3 is 19.9 Å². The monoisotopic (exact) mass is 371 g/mol. The Kier molecular flexibility index (Phi) is 5.73. The second kappa shape index (κ2) is 7.51. The number of benzene rings is 1. The zero-order valence-electron chi connectivity index (χ0n) is 17.0. The number of rotatable bonds is 5. The molecular weight excluding hydrogens is 342 g/mol. The van der Waals surface area contributed by atoms with Crippen molar-refractivity contribution in [3.63, 3.8) is 0 Å². The second-order valence-electron chi connectivity index (χ2n) is 7.98. The predicted octanol–water partition coefficient (Wildman–Crippen LogP) is 5.25. The summed E-state index contributed by atoms with van der Waals surface area (Å²) in [7, 11) is 0. The van der Waals surface area contributed by atoms with Crippen molar-refractivity contribution in [1.29, 1.82) is 0 Å². The van der Waals surface area contributed by atoms with Gasteiger partial charge >= 0.3 is 6.09 Å². The summed E-state index contributed by atoms with van der Waals surface area (Å²) in [6, 6.07) is 7.64. The molecule has 27 heavy (non-hydrogen) atoms. The number of carbonyl (C=O) groups is 1. The number of amides is 1. The molecule has 146 valence electrons. The van der Waals surface area contributed by atoms with Crippen LogP contribution in [0.3, 0.4) is 0 Å². The summed E-state index contributed by atoms with van der Waals surface area (Å²) in [5, 5.41) is 13.5. The van der Waals surface area contributed by atoms with Gasteiger partial charge in [0.2, 0.25) is 0 Å². The van der Waals surface area contributed by atoms with Crippen molar-refractivity contribution in [2.45, 2.75) is 59.3 Å². The third-order valence-electron chi connectivity index (χ3n) is 4.27. The van der Waals surface area contributed by atoms with Gasteiger partial charge in [0.05, 0.1) is 5.76 Å². The molecule has 1 aliphatic carbocycles. The van der Waals surface area contributed by atoms with E-state index in [4.69, 9.17) is 9.47 Å². The van der Waals surface area contributed by atoms with Crippen LogP contribution in [0.15, 0.2) is 54.0 Å². The van der Waals surface area contributed by atoms with Gasteiger partial charge in [-0.15, -0.1) is 0 Å². The molecule has 1 aromatic rings. The number of ether oxygens (including phenoxy) is 2. The standard InChI is InChI=1S/C22H29NO4/c1-14(2)26-22(7)15(3)11-18(19(22)24)17-10-8-9-16(12-17)13-23-20(25)27-21(4,5)6/h8-12,24H,1,13H2,2-7H3,(H,23,25). The van der Waals surface area contributed by atoms with E-state index in [1.54, 1.807) is 6.92 Å². The summed E-state index contributed by atoms with van der Waals surface area (Å²) < 4.78 is 11.0. The van der Waals surface area contributed by atoms with Crippen LogP contribution in [0.1, 0.15) is 52.7 Å². The Balaban J connectivity index is 2.20. The summed E-state index contributed by atoms with van der Waals surface area (Å²) in [4.78, 5) is 11.8. The van der Waals surface area contributed by atoms with Gasteiger partial charge in [-0.25, -0.2) is 4.79 Å². The average Bonchev–Trinajstić information content (AvgIpc) is 2.75. The summed E-state index contributed by atoms with van der Waals surface area (Å²) in [5.74, 6) is 0.689. The van der Waals surface area contributed by atoms with E-state index in [-0.39, 0.29) is 5.76 Å². The van der Waals surface area contributed by atoms with Crippen LogP contribution in [0.4, 0.5) is 4.79 Å². The van der Waals surface area contributed by atoms with Crippen LogP contribution in [-0.4, -0.2) is 22.4 Å². The van der Waals surface area contributed by atoms with Crippen molar-refractivity contribution in [1.82, 2.24) is 5.32 Å². The largest absolute Gasteiger partial charge is 0.507 e. The van der Waals surface area contributed by atoms with Crippen molar-refractivity contribution in [2.24, 2.45) is 0 Å². The first-order valence-corrected chi connectivity index (χ1v) is 8.95. The highest BCUT2D eigenvalue weighted by molar-refractivity contribution is 5.82. The first-order valence-electron chi connectivity index (χ1n) is 8.95. The predicted molar refractivity (Wildman–Crippen MR) is 107 cm³/mol. The van der Waals surface area contributed by atoms with Gasteiger partial charge in [0.1, 0.15) is 11.4 Å². The fraction of sp³-hybridized carbons (Fsp3) is 0.409. The summed E-state index contributed by atoms with van der Waals surface area (Å²) in [5.41, 5.74) is 1.91. The zero-order chi connectivity index (χ0) is 20.4. The van der Waals surface area contributed by atoms with E-state index in [0.717, 1.165) is 16.7 Å². The molecule has 0 radical (unpaired) electrons. The number of hydrogen-bond acceptors (Lipinski definition) is 4. The number of nitrogens with one attached hydrogen (secondary N) is 1. The van der Waals surface area contributed by atoms with Crippen LogP contribution in [0, 0.1) is 0 Å². The van der Waals surface area contributed by atoms with Crippen LogP contribution in [0.2, 0.25) is 0 Å². The molecule has 0 bridgehead atoms. The molecule has 0 saturated heterocycles. The van der Waals surface area contributed by atoms with Crippen molar-refractivity contribution in [3.05, 3.63) is 65.1 Å². The SMILES string of the molecule is C=C(C)OC1(C)C(C)=CC(c2cccc(CNC(=O)OC(C)(C)C)c2)=C1O. The van der Waals surface area contributed by atoms with Crippen LogP contribution >= 0.6 is 0 Å². The third kappa shape index (κ3) is 4.94. The summed E-state index contributed by atoms with van der Waals surface area (Å²) in [6.07, 6.45) is 1.45. The maximum Gasteiger partial charge on any atom is 0.407 e. The molecule has 0 fully saturated rings. The van der Waals surface area contributed by atoms with Gasteiger partial charge in [0.15, 0.2) is 5.60 Å². The third-order valence-corrected chi connectivity index (χ3v) is 4.27. The van der Waals surface area contributed by atoms with Crippen LogP contribution in [-0.2, 0) is 16.0 Å². The van der Waals surface area contributed by atoms with E-state index < -0.39 is 17.3 Å². The fourth-order valence-corrected chi connectivity index (χ4v) is 2.90. The molecule has 0 spiro atoms. The molecule has 0 aromatic heterocycles. The van der Waals surface area contributed by atoms with E-state index in [9.17, 15) is 9.90 Å². The highest BCUT2D eigenvalue weighted by Gasteiger charge is 2.40. The molecule has 1 aromatic carbocycles. The first-order chi connectivity index (χ1) is 12.4. The van der Waals surface area contributed by atoms with Gasteiger partial charge in [-0.1, -0.05) is 24.8 Å². The number of hydrogen-bond donors (Lipinski definition) is 2. The van der Waals surface area contributed by atoms with Gasteiger partial charge in [0, 0.05) is 12.1 Å². The Hall–Kier alpha value is -2.69. The minimum atomic E-state index is -0.911. The van der Waals surface area contributed by atoms with E-state index in [1.165, 1.54) is 0 Å². The minimum Gasteiger partial charge on any atom is -0.507 e. The first kappa shape index (κ1) is 20.6. The minimum absolute atomic E-state index is 0.153. The van der Waals surface area contributed by atoms with Crippen LogP contribution in [0.5, 0.6) is 0 Å². The fourth-order valence-electron chi connectivity index (χ4n) is 2.90. The van der Waals surface area contributed by atoms with Gasteiger partial charge in [-0.3, -0.25) is 0 Å². The Labute approximate surface area is 161 Å². The topological polar surface area (TPSA) is 67.8 Å². The summed E-state index contributed by atoms with van der Waals surface area (Å²) in [6.45, 7) is 15.1. The van der Waals surface area contributed by atoms with Crippen molar-refractivity contribution in [3.8, 4) is 0 Å². The lowest BCUT2D eigenvalue weighted by molar-refractivity contribution is 0.0517. The van der Waals surface area contributed by atoms with Gasteiger partial charge in [-0.05, 0) is 70.4 Å². The molecule has 1 aliphatic rings. The van der Waals surface area contributed by atoms with Crippen molar-refractivity contribution in [2.75, 3.05) is 0 Å². The number of aliphatic hydroxyl groups excluding tert-OH is 1. The van der Waals surface area contributed by atoms with Crippen LogP contribution in [0.25, 0.3) is 5.57 Å². The number of allylic oxidation sites excluding steroid dienone is 3. The average molecular weight is 371 g/mol. The Bertz CT molecular complexity index is 814. The highest BCUT2D eigenvalue weighted by Crippen LogP contribution is 2.42. The molecule has 5 nitrogen and oxygen atoms in total. The maximum absolute atomic E-state index is 11.8. The molecule has 0 heterocycles. The second-order valence-corrected chi connectivity index (χ2v) is 7.98. The van der Waals surface area contributed by atoms with E-state index in [0.29, 0.717) is 17.9 Å². The number of aliphatic hydroxyl groups is 1. The van der Waals surface area contributed by atoms with Gasteiger partial charge in [0.25, 0.3) is 0 Å².